The highest BCUT2D eigenvalue weighted by Gasteiger charge is 2.49. The highest BCUT2D eigenvalue weighted by Crippen LogP contribution is 2.44. The Morgan fingerprint density at radius 3 is 1.39 bits per heavy atom. The molecule has 1 aliphatic heterocycles. The van der Waals surface area contributed by atoms with E-state index in [9.17, 15) is 0 Å². The van der Waals surface area contributed by atoms with Crippen LogP contribution >= 0.6 is 0 Å². The maximum atomic E-state index is 6.04. The molecule has 0 aromatic carbocycles. The molecule has 0 unspecified atom stereocenters. The number of hydrogen-bond donors (Lipinski definition) is 0. The zero-order chi connectivity index (χ0) is 21.4. The summed E-state index contributed by atoms with van der Waals surface area (Å²) in [6.07, 6.45) is 0. The largest absolute Gasteiger partial charge is 0.502 e. The first-order chi connectivity index (χ1) is 13.2. The monoisotopic (exact) mass is 432 g/mol. The fourth-order valence-corrected chi connectivity index (χ4v) is 15.5. The third kappa shape index (κ3) is 6.12. The summed E-state index contributed by atoms with van der Waals surface area (Å²) < 4.78 is 21.0. The van der Waals surface area contributed by atoms with Crippen LogP contribution in [0.4, 0.5) is 0 Å². The van der Waals surface area contributed by atoms with E-state index in [0.717, 1.165) is 42.3 Å². The molecule has 0 aromatic rings. The van der Waals surface area contributed by atoms with Crippen molar-refractivity contribution in [2.24, 2.45) is 0 Å². The third-order valence-corrected chi connectivity index (χ3v) is 16.6. The van der Waals surface area contributed by atoms with Gasteiger partial charge in [-0.3, -0.25) is 0 Å². The second kappa shape index (κ2) is 12.2. The second-order valence-corrected chi connectivity index (χ2v) is 17.5. The zero-order valence-corrected chi connectivity index (χ0v) is 22.2. The van der Waals surface area contributed by atoms with E-state index in [0.29, 0.717) is 19.8 Å². The van der Waals surface area contributed by atoms with Gasteiger partial charge in [0.25, 0.3) is 0 Å². The van der Waals surface area contributed by atoms with Crippen LogP contribution in [-0.4, -0.2) is 79.0 Å². The predicted molar refractivity (Wildman–Crippen MR) is 125 cm³/mol. The Labute approximate surface area is 177 Å². The van der Waals surface area contributed by atoms with Gasteiger partial charge in [-0.15, -0.1) is 0 Å². The van der Waals surface area contributed by atoms with E-state index in [4.69, 9.17) is 13.3 Å². The smallest absolute Gasteiger partial charge is 0.374 e. The first-order valence-electron chi connectivity index (χ1n) is 11.6. The molecule has 1 saturated heterocycles. The van der Waals surface area contributed by atoms with Crippen molar-refractivity contribution in [3.63, 3.8) is 0 Å². The van der Waals surface area contributed by atoms with Gasteiger partial charge in [-0.05, 0) is 37.4 Å². The summed E-state index contributed by atoms with van der Waals surface area (Å²) in [6.45, 7) is 28.6. The molecular formula is C21H48N2O3Si2. The normalized spacial score (nSPS) is 18.0. The van der Waals surface area contributed by atoms with Gasteiger partial charge in [-0.1, -0.05) is 41.5 Å². The predicted octanol–water partition coefficient (Wildman–Crippen LogP) is 4.83. The number of piperazine rings is 1. The van der Waals surface area contributed by atoms with Crippen molar-refractivity contribution in [1.82, 2.24) is 9.47 Å². The maximum Gasteiger partial charge on any atom is 0.502 e. The van der Waals surface area contributed by atoms with E-state index in [1.54, 1.807) is 0 Å². The summed E-state index contributed by atoms with van der Waals surface area (Å²) in [4.78, 5) is 2.59. The molecule has 5 nitrogen and oxygen atoms in total. The molecular weight excluding hydrogens is 384 g/mol. The van der Waals surface area contributed by atoms with Crippen LogP contribution in [0.2, 0.25) is 22.7 Å². The fourth-order valence-electron chi connectivity index (χ4n) is 5.75. The van der Waals surface area contributed by atoms with Crippen LogP contribution in [0, 0.1) is 0 Å². The first kappa shape index (κ1) is 26.3. The molecule has 168 valence electrons. The van der Waals surface area contributed by atoms with Crippen molar-refractivity contribution in [3.05, 3.63) is 0 Å². The molecule has 0 radical (unpaired) electrons. The third-order valence-electron chi connectivity index (χ3n) is 6.52. The van der Waals surface area contributed by atoms with Crippen LogP contribution in [-0.2, 0) is 13.3 Å². The van der Waals surface area contributed by atoms with Gasteiger partial charge in [-0.2, -0.15) is 0 Å². The Morgan fingerprint density at radius 1 is 0.679 bits per heavy atom. The Balaban J connectivity index is 2.75. The van der Waals surface area contributed by atoms with Gasteiger partial charge in [0.05, 0.1) is 0 Å². The van der Waals surface area contributed by atoms with E-state index in [1.807, 2.05) is 20.8 Å². The van der Waals surface area contributed by atoms with Gasteiger partial charge in [0.2, 0.25) is 0 Å². The first-order valence-corrected chi connectivity index (χ1v) is 15.7. The summed E-state index contributed by atoms with van der Waals surface area (Å²) in [5.41, 5.74) is 2.36. The highest BCUT2D eigenvalue weighted by molar-refractivity contribution is 6.81. The second-order valence-electron chi connectivity index (χ2n) is 8.91. The lowest BCUT2D eigenvalue weighted by molar-refractivity contribution is 0.0663. The maximum absolute atomic E-state index is 6.04. The standard InChI is InChI=1S/C21H48N2O3Si2/c1-10-24-27(25-11-2,26-12-3)18-17-22-13-15-23(16-14-22)28(19(4)5,20(6)7)21(8)9/h19-21H,10-18H2,1-9H3. The van der Waals surface area contributed by atoms with Crippen LogP contribution in [0.15, 0.2) is 0 Å². The molecule has 1 rings (SSSR count). The Morgan fingerprint density at radius 2 is 1.07 bits per heavy atom. The molecule has 0 bridgehead atoms. The molecule has 0 aliphatic carbocycles. The average molecular weight is 433 g/mol. The Bertz CT molecular complexity index is 389. The number of rotatable bonds is 13. The van der Waals surface area contributed by atoms with Crippen molar-refractivity contribution in [1.29, 1.82) is 0 Å². The van der Waals surface area contributed by atoms with Crippen LogP contribution in [0.1, 0.15) is 62.3 Å². The van der Waals surface area contributed by atoms with Crippen LogP contribution < -0.4 is 0 Å². The average Bonchev–Trinajstić information content (AvgIpc) is 2.61. The van der Waals surface area contributed by atoms with Gasteiger partial charge < -0.3 is 22.7 Å². The lowest BCUT2D eigenvalue weighted by Gasteiger charge is -2.53. The zero-order valence-electron chi connectivity index (χ0n) is 20.2. The van der Waals surface area contributed by atoms with Crippen LogP contribution in [0.25, 0.3) is 0 Å². The number of nitrogens with zero attached hydrogens (tertiary/aromatic N) is 2. The van der Waals surface area contributed by atoms with Gasteiger partial charge in [0, 0.05) is 58.6 Å². The molecule has 1 fully saturated rings. The highest BCUT2D eigenvalue weighted by atomic mass is 28.4. The molecule has 7 heteroatoms. The van der Waals surface area contributed by atoms with E-state index in [-0.39, 0.29) is 0 Å². The number of hydrogen-bond acceptors (Lipinski definition) is 5. The van der Waals surface area contributed by atoms with Crippen LogP contribution in [0.5, 0.6) is 0 Å². The summed E-state index contributed by atoms with van der Waals surface area (Å²) in [5.74, 6) is 0. The minimum Gasteiger partial charge on any atom is -0.374 e. The quantitative estimate of drug-likeness (QED) is 0.389. The molecule has 1 aliphatic rings. The molecule has 0 N–H and O–H groups in total. The van der Waals surface area contributed by atoms with Crippen molar-refractivity contribution < 1.29 is 13.3 Å². The SMILES string of the molecule is CCO[Si](CCN1CCN([Si](C(C)C)(C(C)C)C(C)C)CC1)(OCC)OCC. The van der Waals surface area contributed by atoms with Gasteiger partial charge in [0.15, 0.2) is 0 Å². The molecule has 0 atom stereocenters. The minimum atomic E-state index is -2.53. The van der Waals surface area contributed by atoms with Crippen molar-refractivity contribution in [3.8, 4) is 0 Å². The van der Waals surface area contributed by atoms with Gasteiger partial charge >= 0.3 is 8.80 Å². The molecule has 0 aromatic heterocycles. The summed E-state index contributed by atoms with van der Waals surface area (Å²) in [6, 6.07) is 0.892. The minimum absolute atomic E-state index is 0.658. The van der Waals surface area contributed by atoms with Crippen molar-refractivity contribution >= 4 is 17.0 Å². The molecule has 0 amide bonds. The summed E-state index contributed by atoms with van der Waals surface area (Å²) in [7, 11) is -4.05. The summed E-state index contributed by atoms with van der Waals surface area (Å²) in [5, 5.41) is 0. The van der Waals surface area contributed by atoms with Crippen LogP contribution in [0.3, 0.4) is 0 Å². The Hall–Kier alpha value is 0.234. The van der Waals surface area contributed by atoms with E-state index >= 15 is 0 Å². The van der Waals surface area contributed by atoms with Gasteiger partial charge in [0.1, 0.15) is 8.24 Å². The van der Waals surface area contributed by atoms with Crippen molar-refractivity contribution in [2.45, 2.75) is 85.0 Å². The fraction of sp³-hybridized carbons (Fsp3) is 1.00. The molecule has 0 spiro atoms. The molecule has 1 heterocycles. The Kier molecular flexibility index (Phi) is 11.4. The molecule has 0 saturated carbocycles. The summed E-state index contributed by atoms with van der Waals surface area (Å²) >= 11 is 0. The lowest BCUT2D eigenvalue weighted by Crippen LogP contribution is -2.65. The van der Waals surface area contributed by atoms with E-state index in [1.165, 1.54) is 13.1 Å². The van der Waals surface area contributed by atoms with E-state index in [2.05, 4.69) is 51.0 Å². The topological polar surface area (TPSA) is 34.2 Å². The van der Waals surface area contributed by atoms with Gasteiger partial charge in [-0.25, -0.2) is 0 Å². The van der Waals surface area contributed by atoms with E-state index < -0.39 is 17.0 Å². The van der Waals surface area contributed by atoms with Crippen molar-refractivity contribution in [2.75, 3.05) is 52.5 Å². The lowest BCUT2D eigenvalue weighted by atomic mass is 10.4. The molecule has 28 heavy (non-hydrogen) atoms.